The number of rotatable bonds is 7. The van der Waals surface area contributed by atoms with Crippen LogP contribution < -0.4 is 16.4 Å². The Labute approximate surface area is 154 Å². The Morgan fingerprint density at radius 2 is 1.64 bits per heavy atom. The standard InChI is InChI=1S/C17H26N4O3.ClH/c1-11(2)15(18)16(23)20-10-14(22)19-9-12-5-7-13(8-6-12)17(24)21(3)4;/h5-8,11,15H,9-10,18H2,1-4H3,(H,19,22)(H,20,23);1H/t15-;/m0./s1. The molecule has 0 saturated heterocycles. The van der Waals surface area contributed by atoms with Gasteiger partial charge in [0.2, 0.25) is 11.8 Å². The van der Waals surface area contributed by atoms with Crippen LogP contribution in [-0.4, -0.2) is 49.3 Å². The van der Waals surface area contributed by atoms with Crippen LogP contribution in [0.2, 0.25) is 0 Å². The Balaban J connectivity index is 0.00000576. The molecule has 140 valence electrons. The minimum atomic E-state index is -0.625. The number of halogens is 1. The van der Waals surface area contributed by atoms with Crippen molar-refractivity contribution in [2.45, 2.75) is 26.4 Å². The molecular formula is C17H27ClN4O3. The fraction of sp³-hybridized carbons (Fsp3) is 0.471. The van der Waals surface area contributed by atoms with Crippen molar-refractivity contribution in [2.75, 3.05) is 20.6 Å². The summed E-state index contributed by atoms with van der Waals surface area (Å²) < 4.78 is 0. The van der Waals surface area contributed by atoms with Crippen molar-refractivity contribution in [3.63, 3.8) is 0 Å². The lowest BCUT2D eigenvalue weighted by Crippen LogP contribution is -2.47. The highest BCUT2D eigenvalue weighted by Gasteiger charge is 2.17. The summed E-state index contributed by atoms with van der Waals surface area (Å²) in [6, 6.07) is 6.37. The van der Waals surface area contributed by atoms with Crippen molar-refractivity contribution in [3.8, 4) is 0 Å². The number of benzene rings is 1. The van der Waals surface area contributed by atoms with Crippen LogP contribution in [0.1, 0.15) is 29.8 Å². The van der Waals surface area contributed by atoms with Crippen molar-refractivity contribution < 1.29 is 14.4 Å². The molecule has 7 nitrogen and oxygen atoms in total. The zero-order chi connectivity index (χ0) is 18.3. The highest BCUT2D eigenvalue weighted by atomic mass is 35.5. The lowest BCUT2D eigenvalue weighted by Gasteiger charge is -2.15. The van der Waals surface area contributed by atoms with Gasteiger partial charge in [-0.2, -0.15) is 0 Å². The number of amides is 3. The van der Waals surface area contributed by atoms with E-state index in [1.165, 1.54) is 4.90 Å². The molecule has 1 atom stereocenters. The molecular weight excluding hydrogens is 344 g/mol. The average molecular weight is 371 g/mol. The van der Waals surface area contributed by atoms with E-state index in [2.05, 4.69) is 10.6 Å². The molecule has 3 amide bonds. The summed E-state index contributed by atoms with van der Waals surface area (Å²) in [7, 11) is 3.38. The first-order valence-corrected chi connectivity index (χ1v) is 7.83. The van der Waals surface area contributed by atoms with Gasteiger partial charge < -0.3 is 21.3 Å². The van der Waals surface area contributed by atoms with Gasteiger partial charge in [-0.1, -0.05) is 26.0 Å². The number of hydrogen-bond donors (Lipinski definition) is 3. The molecule has 0 aromatic heterocycles. The molecule has 1 aromatic rings. The highest BCUT2D eigenvalue weighted by molar-refractivity contribution is 5.93. The maximum atomic E-state index is 11.8. The summed E-state index contributed by atoms with van der Waals surface area (Å²) in [5, 5.41) is 5.21. The van der Waals surface area contributed by atoms with Gasteiger partial charge in [-0.15, -0.1) is 12.4 Å². The van der Waals surface area contributed by atoms with E-state index in [0.29, 0.717) is 12.1 Å². The zero-order valence-electron chi connectivity index (χ0n) is 15.0. The van der Waals surface area contributed by atoms with Crippen LogP contribution in [-0.2, 0) is 16.1 Å². The summed E-state index contributed by atoms with van der Waals surface area (Å²) in [5.41, 5.74) is 7.15. The molecule has 25 heavy (non-hydrogen) atoms. The van der Waals surface area contributed by atoms with Gasteiger partial charge in [-0.05, 0) is 23.6 Å². The largest absolute Gasteiger partial charge is 0.350 e. The fourth-order valence-electron chi connectivity index (χ4n) is 1.87. The van der Waals surface area contributed by atoms with Gasteiger partial charge >= 0.3 is 0 Å². The normalized spacial score (nSPS) is 11.3. The van der Waals surface area contributed by atoms with Crippen LogP contribution in [0.25, 0.3) is 0 Å². The van der Waals surface area contributed by atoms with Gasteiger partial charge in [0, 0.05) is 26.2 Å². The Bertz CT molecular complexity index is 588. The minimum absolute atomic E-state index is 0. The topological polar surface area (TPSA) is 105 Å². The highest BCUT2D eigenvalue weighted by Crippen LogP contribution is 2.06. The van der Waals surface area contributed by atoms with Crippen molar-refractivity contribution >= 4 is 30.1 Å². The van der Waals surface area contributed by atoms with E-state index in [-0.39, 0.29) is 42.6 Å². The van der Waals surface area contributed by atoms with Crippen molar-refractivity contribution in [3.05, 3.63) is 35.4 Å². The average Bonchev–Trinajstić information content (AvgIpc) is 2.56. The van der Waals surface area contributed by atoms with Crippen LogP contribution in [0.4, 0.5) is 0 Å². The maximum absolute atomic E-state index is 11.8. The molecule has 0 aliphatic heterocycles. The molecule has 4 N–H and O–H groups in total. The van der Waals surface area contributed by atoms with Crippen LogP contribution in [0, 0.1) is 5.92 Å². The van der Waals surface area contributed by atoms with E-state index >= 15 is 0 Å². The zero-order valence-corrected chi connectivity index (χ0v) is 15.9. The fourth-order valence-corrected chi connectivity index (χ4v) is 1.87. The second-order valence-electron chi connectivity index (χ2n) is 6.16. The van der Waals surface area contributed by atoms with Crippen LogP contribution in [0.3, 0.4) is 0 Å². The molecule has 0 bridgehead atoms. The van der Waals surface area contributed by atoms with Gasteiger partial charge in [-0.3, -0.25) is 14.4 Å². The van der Waals surface area contributed by atoms with Crippen molar-refractivity contribution in [1.82, 2.24) is 15.5 Å². The summed E-state index contributed by atoms with van der Waals surface area (Å²) in [5.74, 6) is -0.703. The van der Waals surface area contributed by atoms with Crippen molar-refractivity contribution in [1.29, 1.82) is 0 Å². The molecule has 1 rings (SSSR count). The summed E-state index contributed by atoms with van der Waals surface area (Å²) in [4.78, 5) is 36.7. The minimum Gasteiger partial charge on any atom is -0.350 e. The Morgan fingerprint density at radius 1 is 1.08 bits per heavy atom. The predicted molar refractivity (Wildman–Crippen MR) is 99.4 cm³/mol. The third-order valence-electron chi connectivity index (χ3n) is 3.54. The molecule has 0 aliphatic rings. The van der Waals surface area contributed by atoms with E-state index in [1.807, 2.05) is 13.8 Å². The number of nitrogens with two attached hydrogens (primary N) is 1. The monoisotopic (exact) mass is 370 g/mol. The van der Waals surface area contributed by atoms with Gasteiger partial charge in [0.1, 0.15) is 0 Å². The number of carbonyl (C=O) groups is 3. The molecule has 0 aliphatic carbocycles. The first kappa shape index (κ1) is 22.9. The Kier molecular flexibility index (Phi) is 9.78. The maximum Gasteiger partial charge on any atom is 0.253 e. The number of nitrogens with one attached hydrogen (secondary N) is 2. The van der Waals surface area contributed by atoms with E-state index in [4.69, 9.17) is 5.73 Å². The van der Waals surface area contributed by atoms with Gasteiger partial charge in [0.05, 0.1) is 12.6 Å². The first-order chi connectivity index (χ1) is 11.2. The SMILES string of the molecule is CC(C)[C@H](N)C(=O)NCC(=O)NCc1ccc(C(=O)N(C)C)cc1.Cl. The second-order valence-corrected chi connectivity index (χ2v) is 6.16. The summed E-state index contributed by atoms with van der Waals surface area (Å²) in [6.07, 6.45) is 0. The Hall–Kier alpha value is -2.12. The van der Waals surface area contributed by atoms with Crippen molar-refractivity contribution in [2.24, 2.45) is 11.7 Å². The molecule has 0 saturated carbocycles. The molecule has 0 spiro atoms. The molecule has 1 aromatic carbocycles. The molecule has 0 fully saturated rings. The Morgan fingerprint density at radius 3 is 2.12 bits per heavy atom. The van der Waals surface area contributed by atoms with E-state index < -0.39 is 6.04 Å². The number of nitrogens with zero attached hydrogens (tertiary/aromatic N) is 1. The van der Waals surface area contributed by atoms with Crippen LogP contribution in [0.5, 0.6) is 0 Å². The van der Waals surface area contributed by atoms with Crippen LogP contribution >= 0.6 is 12.4 Å². The van der Waals surface area contributed by atoms with E-state index in [0.717, 1.165) is 5.56 Å². The molecule has 0 heterocycles. The molecule has 0 unspecified atom stereocenters. The predicted octanol–water partition coefficient (Wildman–Crippen LogP) is 0.526. The lowest BCUT2D eigenvalue weighted by atomic mass is 10.1. The third-order valence-corrected chi connectivity index (χ3v) is 3.54. The lowest BCUT2D eigenvalue weighted by molar-refractivity contribution is -0.127. The second kappa shape index (κ2) is 10.7. The third kappa shape index (κ3) is 7.53. The van der Waals surface area contributed by atoms with E-state index in [9.17, 15) is 14.4 Å². The van der Waals surface area contributed by atoms with E-state index in [1.54, 1.807) is 38.4 Å². The molecule has 8 heteroatoms. The van der Waals surface area contributed by atoms with Crippen LogP contribution in [0.15, 0.2) is 24.3 Å². The smallest absolute Gasteiger partial charge is 0.253 e. The van der Waals surface area contributed by atoms with Gasteiger partial charge in [0.25, 0.3) is 5.91 Å². The van der Waals surface area contributed by atoms with Gasteiger partial charge in [0.15, 0.2) is 0 Å². The summed E-state index contributed by atoms with van der Waals surface area (Å²) in [6.45, 7) is 3.89. The quantitative estimate of drug-likeness (QED) is 0.651. The molecule has 0 radical (unpaired) electrons. The number of hydrogen-bond acceptors (Lipinski definition) is 4. The van der Waals surface area contributed by atoms with Gasteiger partial charge in [-0.25, -0.2) is 0 Å². The summed E-state index contributed by atoms with van der Waals surface area (Å²) >= 11 is 0. The first-order valence-electron chi connectivity index (χ1n) is 7.83. The number of carbonyl (C=O) groups excluding carboxylic acids is 3.